The number of nitrogens with one attached hydrogen (secondary N) is 2. The van der Waals surface area contributed by atoms with Crippen molar-refractivity contribution in [1.82, 2.24) is 20.2 Å². The Morgan fingerprint density at radius 1 is 1.22 bits per heavy atom. The van der Waals surface area contributed by atoms with Gasteiger partial charge in [-0.1, -0.05) is 6.07 Å². The minimum absolute atomic E-state index is 0.0747. The van der Waals surface area contributed by atoms with Crippen molar-refractivity contribution < 1.29 is 4.74 Å². The van der Waals surface area contributed by atoms with Gasteiger partial charge in [-0.3, -0.25) is 9.88 Å². The quantitative estimate of drug-likeness (QED) is 0.751. The molecule has 2 N–H and O–H groups in total. The molecular formula is C22H26N4O. The second kappa shape index (κ2) is 6.66. The van der Waals surface area contributed by atoms with Crippen LogP contribution in [-0.2, 0) is 18.5 Å². The smallest absolute Gasteiger partial charge is 0.119 e. The third kappa shape index (κ3) is 2.91. The Morgan fingerprint density at radius 2 is 2.11 bits per heavy atom. The van der Waals surface area contributed by atoms with Gasteiger partial charge in [0, 0.05) is 55.2 Å². The second-order valence-corrected chi connectivity index (χ2v) is 7.79. The monoisotopic (exact) mass is 362 g/mol. The molecule has 0 radical (unpaired) electrons. The predicted molar refractivity (Wildman–Crippen MR) is 107 cm³/mol. The van der Waals surface area contributed by atoms with Crippen molar-refractivity contribution in [3.8, 4) is 5.75 Å². The third-order valence-corrected chi connectivity index (χ3v) is 6.27. The van der Waals surface area contributed by atoms with Crippen LogP contribution in [0.3, 0.4) is 0 Å². The molecule has 27 heavy (non-hydrogen) atoms. The van der Waals surface area contributed by atoms with Crippen LogP contribution in [0.1, 0.15) is 29.7 Å². The molecule has 1 fully saturated rings. The largest absolute Gasteiger partial charge is 0.497 e. The van der Waals surface area contributed by atoms with Crippen LogP contribution in [0.25, 0.3) is 10.9 Å². The molecule has 140 valence electrons. The Labute approximate surface area is 159 Å². The van der Waals surface area contributed by atoms with Gasteiger partial charge in [-0.2, -0.15) is 0 Å². The lowest BCUT2D eigenvalue weighted by atomic mass is 9.79. The van der Waals surface area contributed by atoms with E-state index in [4.69, 9.17) is 4.74 Å². The molecule has 0 bridgehead atoms. The number of H-pyrrole nitrogens is 1. The Balaban J connectivity index is 1.41. The molecule has 1 saturated heterocycles. The van der Waals surface area contributed by atoms with Gasteiger partial charge in [0.15, 0.2) is 0 Å². The van der Waals surface area contributed by atoms with Gasteiger partial charge in [-0.15, -0.1) is 0 Å². The van der Waals surface area contributed by atoms with E-state index in [2.05, 4.69) is 38.4 Å². The van der Waals surface area contributed by atoms with Crippen molar-refractivity contribution in [3.63, 3.8) is 0 Å². The molecule has 0 unspecified atom stereocenters. The zero-order chi connectivity index (χ0) is 18.3. The molecule has 2 aromatic heterocycles. The first-order valence-electron chi connectivity index (χ1n) is 9.83. The molecule has 0 amide bonds. The first kappa shape index (κ1) is 16.8. The van der Waals surface area contributed by atoms with E-state index in [0.717, 1.165) is 51.2 Å². The zero-order valence-electron chi connectivity index (χ0n) is 15.8. The molecule has 2 aliphatic rings. The SMILES string of the molecule is COc1ccc2[nH]c3c(c2c1)CCNC31CCN(Cc2cccnc2)CC1. The number of nitrogens with zero attached hydrogens (tertiary/aromatic N) is 2. The number of fused-ring (bicyclic) bond motifs is 4. The van der Waals surface area contributed by atoms with Gasteiger partial charge in [0.1, 0.15) is 5.75 Å². The van der Waals surface area contributed by atoms with E-state index in [1.165, 1.54) is 27.7 Å². The fraction of sp³-hybridized carbons (Fsp3) is 0.409. The van der Waals surface area contributed by atoms with Gasteiger partial charge >= 0.3 is 0 Å². The lowest BCUT2D eigenvalue weighted by Crippen LogP contribution is -2.54. The Morgan fingerprint density at radius 3 is 2.89 bits per heavy atom. The van der Waals surface area contributed by atoms with Crippen molar-refractivity contribution in [2.24, 2.45) is 0 Å². The normalized spacial score (nSPS) is 19.3. The number of hydrogen-bond donors (Lipinski definition) is 2. The summed E-state index contributed by atoms with van der Waals surface area (Å²) in [5.41, 5.74) is 5.47. The fourth-order valence-corrected chi connectivity index (χ4v) is 4.81. The summed E-state index contributed by atoms with van der Waals surface area (Å²) in [5, 5.41) is 5.19. The van der Waals surface area contributed by atoms with Crippen LogP contribution in [0, 0.1) is 0 Å². The molecule has 0 atom stereocenters. The molecule has 5 nitrogen and oxygen atoms in total. The van der Waals surface area contributed by atoms with Gasteiger partial charge in [-0.25, -0.2) is 0 Å². The summed E-state index contributed by atoms with van der Waals surface area (Å²) in [6.45, 7) is 4.22. The van der Waals surface area contributed by atoms with E-state index in [-0.39, 0.29) is 5.54 Å². The van der Waals surface area contributed by atoms with E-state index >= 15 is 0 Å². The maximum absolute atomic E-state index is 5.45. The first-order chi connectivity index (χ1) is 13.3. The number of rotatable bonds is 3. The summed E-state index contributed by atoms with van der Waals surface area (Å²) < 4.78 is 5.45. The van der Waals surface area contributed by atoms with Crippen LogP contribution in [0.5, 0.6) is 5.75 Å². The highest BCUT2D eigenvalue weighted by Crippen LogP contribution is 2.41. The van der Waals surface area contributed by atoms with Crippen LogP contribution in [0.4, 0.5) is 0 Å². The molecule has 0 aliphatic carbocycles. The highest BCUT2D eigenvalue weighted by atomic mass is 16.5. The summed E-state index contributed by atoms with van der Waals surface area (Å²) in [4.78, 5) is 10.5. The van der Waals surface area contributed by atoms with Gasteiger partial charge in [-0.05, 0) is 54.7 Å². The van der Waals surface area contributed by atoms with E-state index in [1.807, 2.05) is 24.5 Å². The minimum atomic E-state index is 0.0747. The van der Waals surface area contributed by atoms with Crippen molar-refractivity contribution in [3.05, 3.63) is 59.5 Å². The van der Waals surface area contributed by atoms with Gasteiger partial charge in [0.05, 0.1) is 12.6 Å². The van der Waals surface area contributed by atoms with E-state index in [1.54, 1.807) is 7.11 Å². The maximum atomic E-state index is 5.45. The molecule has 0 saturated carbocycles. The minimum Gasteiger partial charge on any atom is -0.497 e. The molecule has 2 aliphatic heterocycles. The number of pyridine rings is 1. The summed E-state index contributed by atoms with van der Waals surface area (Å²) in [5.74, 6) is 0.933. The number of methoxy groups -OCH3 is 1. The number of aromatic nitrogens is 2. The summed E-state index contributed by atoms with van der Waals surface area (Å²) in [6, 6.07) is 10.6. The van der Waals surface area contributed by atoms with Crippen LogP contribution in [0.15, 0.2) is 42.7 Å². The van der Waals surface area contributed by atoms with Gasteiger partial charge < -0.3 is 15.0 Å². The Kier molecular flexibility index (Phi) is 4.14. The van der Waals surface area contributed by atoms with Crippen LogP contribution in [0.2, 0.25) is 0 Å². The lowest BCUT2D eigenvalue weighted by Gasteiger charge is -2.45. The fourth-order valence-electron chi connectivity index (χ4n) is 4.81. The number of piperidine rings is 1. The van der Waals surface area contributed by atoms with E-state index < -0.39 is 0 Å². The summed E-state index contributed by atoms with van der Waals surface area (Å²) in [6.07, 6.45) is 7.15. The highest BCUT2D eigenvalue weighted by Gasteiger charge is 2.41. The maximum Gasteiger partial charge on any atom is 0.119 e. The lowest BCUT2D eigenvalue weighted by molar-refractivity contribution is 0.121. The van der Waals surface area contributed by atoms with Crippen molar-refractivity contribution in [1.29, 1.82) is 0 Å². The summed E-state index contributed by atoms with van der Waals surface area (Å²) in [7, 11) is 1.74. The molecule has 3 aromatic rings. The topological polar surface area (TPSA) is 53.2 Å². The second-order valence-electron chi connectivity index (χ2n) is 7.79. The number of benzene rings is 1. The van der Waals surface area contributed by atoms with Crippen molar-refractivity contribution in [2.75, 3.05) is 26.7 Å². The van der Waals surface area contributed by atoms with Crippen molar-refractivity contribution >= 4 is 10.9 Å². The average molecular weight is 362 g/mol. The van der Waals surface area contributed by atoms with Crippen molar-refractivity contribution in [2.45, 2.75) is 31.3 Å². The van der Waals surface area contributed by atoms with Gasteiger partial charge in [0.2, 0.25) is 0 Å². The number of hydrogen-bond acceptors (Lipinski definition) is 4. The molecule has 1 spiro atoms. The molecule has 4 heterocycles. The number of aromatic amines is 1. The van der Waals surface area contributed by atoms with Crippen LogP contribution < -0.4 is 10.1 Å². The molecule has 1 aromatic carbocycles. The molecule has 5 rings (SSSR count). The summed E-state index contributed by atoms with van der Waals surface area (Å²) >= 11 is 0. The average Bonchev–Trinajstić information content (AvgIpc) is 3.10. The molecular weight excluding hydrogens is 336 g/mol. The Bertz CT molecular complexity index is 942. The highest BCUT2D eigenvalue weighted by molar-refractivity contribution is 5.86. The molecule has 5 heteroatoms. The zero-order valence-corrected chi connectivity index (χ0v) is 15.8. The van der Waals surface area contributed by atoms with Crippen LogP contribution >= 0.6 is 0 Å². The third-order valence-electron chi connectivity index (χ3n) is 6.27. The predicted octanol–water partition coefficient (Wildman–Crippen LogP) is 3.21. The Hall–Kier alpha value is -2.37. The van der Waals surface area contributed by atoms with Crippen LogP contribution in [-0.4, -0.2) is 41.6 Å². The number of likely N-dealkylation sites (tertiary alicyclic amines) is 1. The van der Waals surface area contributed by atoms with E-state index in [9.17, 15) is 0 Å². The number of ether oxygens (including phenoxy) is 1. The van der Waals surface area contributed by atoms with Gasteiger partial charge in [0.25, 0.3) is 0 Å². The van der Waals surface area contributed by atoms with E-state index in [0.29, 0.717) is 0 Å². The standard InChI is InChI=1S/C22H26N4O/c1-27-17-4-5-20-19(13-17)18-6-10-24-22(21(18)25-20)7-11-26(12-8-22)15-16-3-2-9-23-14-16/h2-5,9,13-14,24-25H,6-8,10-12,15H2,1H3. The first-order valence-corrected chi connectivity index (χ1v) is 9.83.